The van der Waals surface area contributed by atoms with Crippen molar-refractivity contribution in [1.82, 2.24) is 4.57 Å². The van der Waals surface area contributed by atoms with Crippen molar-refractivity contribution < 1.29 is 4.42 Å². The molecule has 0 radical (unpaired) electrons. The highest BCUT2D eigenvalue weighted by Gasteiger charge is 2.22. The van der Waals surface area contributed by atoms with Gasteiger partial charge in [-0.25, -0.2) is 0 Å². The molecule has 1 unspecified atom stereocenters. The highest BCUT2D eigenvalue weighted by Crippen LogP contribution is 2.41. The third-order valence-corrected chi connectivity index (χ3v) is 13.9. The summed E-state index contributed by atoms with van der Waals surface area (Å²) < 4.78 is 8.80. The molecule has 69 heavy (non-hydrogen) atoms. The zero-order chi connectivity index (χ0) is 45.7. The number of para-hydroxylation sites is 5. The Morgan fingerprint density at radius 3 is 1.64 bits per heavy atom. The highest BCUT2D eigenvalue weighted by molar-refractivity contribution is 6.10. The molecule has 1 aliphatic carbocycles. The van der Waals surface area contributed by atoms with E-state index in [1.54, 1.807) is 0 Å². The quantitative estimate of drug-likeness (QED) is 0.144. The third kappa shape index (κ3) is 7.24. The summed E-state index contributed by atoms with van der Waals surface area (Å²) in [6, 6.07) is 87.8. The minimum Gasteiger partial charge on any atom is -0.455 e. The maximum atomic E-state index is 6.38. The van der Waals surface area contributed by atoms with Crippen molar-refractivity contribution in [1.29, 1.82) is 0 Å². The molecule has 0 saturated heterocycles. The lowest BCUT2D eigenvalue weighted by atomic mass is 9.94. The standard InChI is InChI=1S/C66H46N2O/c1-2-15-45(16-3-1)51-18-13-20-55(44-51)67(53-39-35-47(36-40-53)46-31-33-49(34-32-46)57-25-14-26-61-60-24-7-11-30-65(60)69-66(57)61)54-41-37-48(38-42-54)50-17-12-19-52(43-50)56-21-4-8-27-62(56)68-63-28-9-5-22-58(63)59-23-6-10-29-64(59)68/h1-19,21-44,55H,20H2. The molecule has 12 aromatic rings. The minimum atomic E-state index is 0.114. The number of allylic oxidation sites excluding steroid dienone is 2. The van der Waals surface area contributed by atoms with Crippen molar-refractivity contribution in [3.8, 4) is 50.2 Å². The first kappa shape index (κ1) is 40.4. The number of nitrogens with zero attached hydrogens (tertiary/aromatic N) is 2. The van der Waals surface area contributed by atoms with Gasteiger partial charge in [0.2, 0.25) is 0 Å². The molecule has 1 aliphatic rings. The van der Waals surface area contributed by atoms with Crippen LogP contribution in [0.5, 0.6) is 0 Å². The van der Waals surface area contributed by atoms with Crippen LogP contribution in [0.4, 0.5) is 11.4 Å². The Morgan fingerprint density at radius 2 is 0.913 bits per heavy atom. The van der Waals surface area contributed by atoms with E-state index in [2.05, 4.69) is 258 Å². The number of benzene rings is 10. The summed E-state index contributed by atoms with van der Waals surface area (Å²) in [5.41, 5.74) is 19.5. The van der Waals surface area contributed by atoms with E-state index in [4.69, 9.17) is 4.42 Å². The molecule has 3 heteroatoms. The van der Waals surface area contributed by atoms with Gasteiger partial charge in [-0.3, -0.25) is 0 Å². The van der Waals surface area contributed by atoms with E-state index in [1.165, 1.54) is 72.0 Å². The predicted molar refractivity (Wildman–Crippen MR) is 290 cm³/mol. The molecular formula is C66H46N2O. The van der Waals surface area contributed by atoms with Crippen molar-refractivity contribution in [3.63, 3.8) is 0 Å². The molecule has 0 spiro atoms. The number of anilines is 2. The van der Waals surface area contributed by atoms with Crippen LogP contribution < -0.4 is 4.90 Å². The van der Waals surface area contributed by atoms with Crippen LogP contribution in [0.25, 0.3) is 99.5 Å². The lowest BCUT2D eigenvalue weighted by Gasteiger charge is -2.34. The monoisotopic (exact) mass is 882 g/mol. The van der Waals surface area contributed by atoms with E-state index in [0.29, 0.717) is 0 Å². The molecule has 0 saturated carbocycles. The highest BCUT2D eigenvalue weighted by atomic mass is 16.3. The van der Waals surface area contributed by atoms with Gasteiger partial charge < -0.3 is 13.9 Å². The van der Waals surface area contributed by atoms with E-state index >= 15 is 0 Å². The van der Waals surface area contributed by atoms with Gasteiger partial charge in [-0.05, 0) is 106 Å². The fraction of sp³-hybridized carbons (Fsp3) is 0.0303. The molecule has 0 aliphatic heterocycles. The smallest absolute Gasteiger partial charge is 0.143 e. The minimum absolute atomic E-state index is 0.114. The number of fused-ring (bicyclic) bond motifs is 6. The molecule has 13 rings (SSSR count). The van der Waals surface area contributed by atoms with Crippen LogP contribution in [0.2, 0.25) is 0 Å². The second kappa shape index (κ2) is 17.1. The zero-order valence-corrected chi connectivity index (χ0v) is 37.9. The Hall–Kier alpha value is -8.92. The number of rotatable bonds is 9. The lowest BCUT2D eigenvalue weighted by Crippen LogP contribution is -2.30. The first-order chi connectivity index (χ1) is 34.2. The number of hydrogen-bond donors (Lipinski definition) is 0. The van der Waals surface area contributed by atoms with E-state index in [1.807, 2.05) is 12.1 Å². The second-order valence-corrected chi connectivity index (χ2v) is 18.0. The van der Waals surface area contributed by atoms with Crippen molar-refractivity contribution in [2.45, 2.75) is 12.5 Å². The van der Waals surface area contributed by atoms with Crippen LogP contribution in [0.1, 0.15) is 12.0 Å². The Morgan fingerprint density at radius 1 is 0.391 bits per heavy atom. The molecule has 2 aromatic heterocycles. The average molecular weight is 883 g/mol. The fourth-order valence-electron chi connectivity index (χ4n) is 10.6. The molecule has 10 aromatic carbocycles. The summed E-state index contributed by atoms with van der Waals surface area (Å²) in [6.07, 6.45) is 7.91. The van der Waals surface area contributed by atoms with Crippen LogP contribution in [-0.4, -0.2) is 10.6 Å². The van der Waals surface area contributed by atoms with Crippen molar-refractivity contribution in [3.05, 3.63) is 266 Å². The van der Waals surface area contributed by atoms with Gasteiger partial charge in [-0.1, -0.05) is 206 Å². The van der Waals surface area contributed by atoms with Gasteiger partial charge in [0, 0.05) is 44.0 Å². The number of hydrogen-bond acceptors (Lipinski definition) is 2. The average Bonchev–Trinajstić information content (AvgIpc) is 3.98. The molecule has 1 atom stereocenters. The van der Waals surface area contributed by atoms with E-state index in [0.717, 1.165) is 50.9 Å². The third-order valence-electron chi connectivity index (χ3n) is 13.9. The summed E-state index contributed by atoms with van der Waals surface area (Å²) in [5.74, 6) is 0. The van der Waals surface area contributed by atoms with Crippen LogP contribution in [0, 0.1) is 0 Å². The van der Waals surface area contributed by atoms with E-state index in [9.17, 15) is 0 Å². The number of aromatic nitrogens is 1. The largest absolute Gasteiger partial charge is 0.455 e. The summed E-state index contributed by atoms with van der Waals surface area (Å²) in [6.45, 7) is 0. The van der Waals surface area contributed by atoms with Gasteiger partial charge in [0.1, 0.15) is 11.2 Å². The topological polar surface area (TPSA) is 21.3 Å². The first-order valence-electron chi connectivity index (χ1n) is 23.8. The van der Waals surface area contributed by atoms with Crippen LogP contribution in [0.3, 0.4) is 0 Å². The van der Waals surface area contributed by atoms with Crippen molar-refractivity contribution >= 4 is 60.7 Å². The van der Waals surface area contributed by atoms with Gasteiger partial charge in [0.15, 0.2) is 0 Å². The molecular weight excluding hydrogens is 837 g/mol. The molecule has 0 bridgehead atoms. The van der Waals surface area contributed by atoms with E-state index in [-0.39, 0.29) is 6.04 Å². The SMILES string of the molecule is C1=CC(c2ccccc2)=CC(N(c2ccc(-c3ccc(-c4cccc5c4oc4ccccc45)cc3)cc2)c2ccc(-c3cccc(-c4ccccc4-n4c5ccccc5c5ccccc54)c3)cc2)C1. The van der Waals surface area contributed by atoms with Gasteiger partial charge in [-0.15, -0.1) is 0 Å². The van der Waals surface area contributed by atoms with Crippen LogP contribution in [0.15, 0.2) is 265 Å². The maximum Gasteiger partial charge on any atom is 0.143 e. The molecule has 0 fully saturated rings. The van der Waals surface area contributed by atoms with Gasteiger partial charge in [0.05, 0.1) is 22.8 Å². The van der Waals surface area contributed by atoms with Crippen molar-refractivity contribution in [2.24, 2.45) is 0 Å². The number of furan rings is 1. The van der Waals surface area contributed by atoms with Gasteiger partial charge >= 0.3 is 0 Å². The van der Waals surface area contributed by atoms with E-state index < -0.39 is 0 Å². The zero-order valence-electron chi connectivity index (χ0n) is 37.9. The van der Waals surface area contributed by atoms with Crippen LogP contribution in [-0.2, 0) is 0 Å². The molecule has 0 amide bonds. The van der Waals surface area contributed by atoms with Crippen LogP contribution >= 0.6 is 0 Å². The summed E-state index contributed by atoms with van der Waals surface area (Å²) >= 11 is 0. The normalized spacial score (nSPS) is 13.6. The van der Waals surface area contributed by atoms with Gasteiger partial charge in [-0.2, -0.15) is 0 Å². The molecule has 0 N–H and O–H groups in total. The Kier molecular flexibility index (Phi) is 9.98. The maximum absolute atomic E-state index is 6.38. The second-order valence-electron chi connectivity index (χ2n) is 18.0. The van der Waals surface area contributed by atoms with Crippen molar-refractivity contribution in [2.75, 3.05) is 4.90 Å². The Bertz CT molecular complexity index is 3860. The summed E-state index contributed by atoms with van der Waals surface area (Å²) in [4.78, 5) is 2.50. The van der Waals surface area contributed by atoms with Gasteiger partial charge in [0.25, 0.3) is 0 Å². The molecule has 326 valence electrons. The molecule has 2 heterocycles. The first-order valence-corrected chi connectivity index (χ1v) is 23.8. The summed E-state index contributed by atoms with van der Waals surface area (Å²) in [7, 11) is 0. The fourth-order valence-corrected chi connectivity index (χ4v) is 10.6. The Labute approximate surface area is 401 Å². The lowest BCUT2D eigenvalue weighted by molar-refractivity contribution is 0.670. The molecule has 3 nitrogen and oxygen atoms in total. The summed E-state index contributed by atoms with van der Waals surface area (Å²) in [5, 5.41) is 4.81. The Balaban J connectivity index is 0.830. The predicted octanol–water partition coefficient (Wildman–Crippen LogP) is 17.9.